The van der Waals surface area contributed by atoms with Crippen LogP contribution < -0.4 is 0 Å². The van der Waals surface area contributed by atoms with E-state index in [4.69, 9.17) is 4.74 Å². The molecule has 1 saturated heterocycles. The Morgan fingerprint density at radius 3 is 2.47 bits per heavy atom. The molecule has 78 valence electrons. The predicted molar refractivity (Wildman–Crippen MR) is 56.3 cm³/mol. The molecule has 0 aliphatic carbocycles. The smallest absolute Gasteiger partial charge is 0.235 e. The zero-order chi connectivity index (χ0) is 10.6. The Kier molecular flexibility index (Phi) is 2.95. The van der Waals surface area contributed by atoms with Crippen LogP contribution in [0.25, 0.3) is 0 Å². The SMILES string of the molecule is O=C=NC1(c2ccccc2)CCOCC1. The third-order valence-corrected chi connectivity index (χ3v) is 2.89. The number of hydrogen-bond acceptors (Lipinski definition) is 3. The Morgan fingerprint density at radius 1 is 1.20 bits per heavy atom. The van der Waals surface area contributed by atoms with Crippen LogP contribution in [0.5, 0.6) is 0 Å². The van der Waals surface area contributed by atoms with Gasteiger partial charge >= 0.3 is 0 Å². The molecule has 15 heavy (non-hydrogen) atoms. The molecule has 0 atom stereocenters. The summed E-state index contributed by atoms with van der Waals surface area (Å²) in [5, 5.41) is 0. The lowest BCUT2D eigenvalue weighted by Crippen LogP contribution is -2.31. The maximum absolute atomic E-state index is 10.5. The second-order valence-electron chi connectivity index (χ2n) is 3.71. The van der Waals surface area contributed by atoms with Crippen molar-refractivity contribution in [2.24, 2.45) is 4.99 Å². The fourth-order valence-electron chi connectivity index (χ4n) is 2.01. The summed E-state index contributed by atoms with van der Waals surface area (Å²) in [5.41, 5.74) is 0.679. The first-order valence-electron chi connectivity index (χ1n) is 5.10. The molecule has 1 heterocycles. The summed E-state index contributed by atoms with van der Waals surface area (Å²) in [7, 11) is 0. The van der Waals surface area contributed by atoms with E-state index in [1.165, 1.54) is 0 Å². The summed E-state index contributed by atoms with van der Waals surface area (Å²) in [6.07, 6.45) is 3.21. The Morgan fingerprint density at radius 2 is 1.87 bits per heavy atom. The van der Waals surface area contributed by atoms with E-state index in [0.717, 1.165) is 18.4 Å². The molecule has 0 aromatic heterocycles. The summed E-state index contributed by atoms with van der Waals surface area (Å²) in [6.45, 7) is 1.31. The molecule has 0 bridgehead atoms. The molecule has 1 aromatic rings. The van der Waals surface area contributed by atoms with Crippen LogP contribution in [-0.4, -0.2) is 19.3 Å². The third kappa shape index (κ3) is 1.99. The molecule has 1 aromatic carbocycles. The molecule has 0 N–H and O–H groups in total. The van der Waals surface area contributed by atoms with E-state index in [2.05, 4.69) is 4.99 Å². The zero-order valence-electron chi connectivity index (χ0n) is 8.48. The van der Waals surface area contributed by atoms with Gasteiger partial charge in [-0.1, -0.05) is 30.3 Å². The highest BCUT2D eigenvalue weighted by Gasteiger charge is 2.34. The standard InChI is InChI=1S/C12H13NO2/c14-10-13-12(6-8-15-9-7-12)11-4-2-1-3-5-11/h1-5H,6-9H2. The highest BCUT2D eigenvalue weighted by Crippen LogP contribution is 2.35. The molecular formula is C12H13NO2. The van der Waals surface area contributed by atoms with E-state index in [1.54, 1.807) is 6.08 Å². The van der Waals surface area contributed by atoms with E-state index in [9.17, 15) is 4.79 Å². The first-order valence-corrected chi connectivity index (χ1v) is 5.10. The Labute approximate surface area is 88.8 Å². The fraction of sp³-hybridized carbons (Fsp3) is 0.417. The highest BCUT2D eigenvalue weighted by molar-refractivity contribution is 5.38. The van der Waals surface area contributed by atoms with Crippen molar-refractivity contribution >= 4 is 6.08 Å². The number of nitrogens with zero attached hydrogens (tertiary/aromatic N) is 1. The number of hydrogen-bond donors (Lipinski definition) is 0. The number of aliphatic imine (C=N–C) groups is 1. The van der Waals surface area contributed by atoms with Crippen molar-refractivity contribution in [1.82, 2.24) is 0 Å². The van der Waals surface area contributed by atoms with Crippen molar-refractivity contribution in [1.29, 1.82) is 0 Å². The molecule has 1 fully saturated rings. The first-order chi connectivity index (χ1) is 7.37. The first kappa shape index (κ1) is 10.1. The van der Waals surface area contributed by atoms with Gasteiger partial charge < -0.3 is 4.74 Å². The third-order valence-electron chi connectivity index (χ3n) is 2.89. The lowest BCUT2D eigenvalue weighted by molar-refractivity contribution is 0.0531. The zero-order valence-corrected chi connectivity index (χ0v) is 8.48. The van der Waals surface area contributed by atoms with Crippen molar-refractivity contribution in [2.45, 2.75) is 18.4 Å². The van der Waals surface area contributed by atoms with Crippen molar-refractivity contribution in [3.63, 3.8) is 0 Å². The average Bonchev–Trinajstić information content (AvgIpc) is 2.32. The van der Waals surface area contributed by atoms with Gasteiger partial charge in [0, 0.05) is 26.1 Å². The number of isocyanates is 1. The van der Waals surface area contributed by atoms with Crippen LogP contribution in [0.1, 0.15) is 18.4 Å². The molecule has 0 radical (unpaired) electrons. The average molecular weight is 203 g/mol. The molecular weight excluding hydrogens is 190 g/mol. The summed E-state index contributed by atoms with van der Waals surface area (Å²) < 4.78 is 5.30. The Bertz CT molecular complexity index is 362. The van der Waals surface area contributed by atoms with Crippen LogP contribution in [0.15, 0.2) is 35.3 Å². The van der Waals surface area contributed by atoms with Crippen molar-refractivity contribution in [3.8, 4) is 0 Å². The Balaban J connectivity index is 2.37. The topological polar surface area (TPSA) is 38.7 Å². The molecule has 3 nitrogen and oxygen atoms in total. The molecule has 3 heteroatoms. The summed E-state index contributed by atoms with van der Waals surface area (Å²) >= 11 is 0. The minimum absolute atomic E-state index is 0.402. The van der Waals surface area contributed by atoms with Gasteiger partial charge in [0.25, 0.3) is 0 Å². The van der Waals surface area contributed by atoms with E-state index in [0.29, 0.717) is 13.2 Å². The second-order valence-corrected chi connectivity index (χ2v) is 3.71. The molecule has 0 spiro atoms. The van der Waals surface area contributed by atoms with Gasteiger partial charge in [-0.15, -0.1) is 0 Å². The lowest BCUT2D eigenvalue weighted by atomic mass is 9.83. The van der Waals surface area contributed by atoms with Crippen LogP contribution >= 0.6 is 0 Å². The van der Waals surface area contributed by atoms with Crippen molar-refractivity contribution < 1.29 is 9.53 Å². The van der Waals surface area contributed by atoms with E-state index >= 15 is 0 Å². The van der Waals surface area contributed by atoms with Crippen LogP contribution in [0.2, 0.25) is 0 Å². The second kappa shape index (κ2) is 4.39. The van der Waals surface area contributed by atoms with Gasteiger partial charge in [-0.2, -0.15) is 4.99 Å². The van der Waals surface area contributed by atoms with Gasteiger partial charge in [-0.3, -0.25) is 0 Å². The summed E-state index contributed by atoms with van der Waals surface area (Å²) in [6, 6.07) is 9.90. The highest BCUT2D eigenvalue weighted by atomic mass is 16.5. The van der Waals surface area contributed by atoms with Crippen molar-refractivity contribution in [3.05, 3.63) is 35.9 Å². The minimum Gasteiger partial charge on any atom is -0.381 e. The van der Waals surface area contributed by atoms with Gasteiger partial charge in [0.1, 0.15) is 5.54 Å². The molecule has 1 aliphatic rings. The number of ether oxygens (including phenoxy) is 1. The monoisotopic (exact) mass is 203 g/mol. The number of rotatable bonds is 2. The van der Waals surface area contributed by atoms with E-state index < -0.39 is 5.54 Å². The van der Waals surface area contributed by atoms with E-state index in [-0.39, 0.29) is 0 Å². The largest absolute Gasteiger partial charge is 0.381 e. The summed E-state index contributed by atoms with van der Waals surface area (Å²) in [4.78, 5) is 14.5. The van der Waals surface area contributed by atoms with Crippen LogP contribution in [-0.2, 0) is 15.1 Å². The fourth-order valence-corrected chi connectivity index (χ4v) is 2.01. The van der Waals surface area contributed by atoms with Gasteiger partial charge in [0.15, 0.2) is 0 Å². The molecule has 0 amide bonds. The van der Waals surface area contributed by atoms with Crippen LogP contribution in [0.3, 0.4) is 0 Å². The van der Waals surface area contributed by atoms with Gasteiger partial charge in [0.05, 0.1) is 0 Å². The molecule has 2 rings (SSSR count). The molecule has 0 unspecified atom stereocenters. The van der Waals surface area contributed by atoms with Gasteiger partial charge in [-0.05, 0) is 5.56 Å². The molecule has 0 saturated carbocycles. The van der Waals surface area contributed by atoms with Crippen molar-refractivity contribution in [2.75, 3.05) is 13.2 Å². The number of carbonyl (C=O) groups excluding carboxylic acids is 1. The van der Waals surface area contributed by atoms with Crippen LogP contribution in [0, 0.1) is 0 Å². The minimum atomic E-state index is -0.402. The quantitative estimate of drug-likeness (QED) is 0.545. The maximum Gasteiger partial charge on any atom is 0.235 e. The van der Waals surface area contributed by atoms with Gasteiger partial charge in [-0.25, -0.2) is 4.79 Å². The molecule has 1 aliphatic heterocycles. The number of benzene rings is 1. The Hall–Kier alpha value is -1.44. The predicted octanol–water partition coefficient (Wildman–Crippen LogP) is 2.03. The van der Waals surface area contributed by atoms with E-state index in [1.807, 2.05) is 30.3 Å². The normalized spacial score (nSPS) is 19.2. The lowest BCUT2D eigenvalue weighted by Gasteiger charge is -2.32. The van der Waals surface area contributed by atoms with Crippen LogP contribution in [0.4, 0.5) is 0 Å². The summed E-state index contributed by atoms with van der Waals surface area (Å²) in [5.74, 6) is 0. The maximum atomic E-state index is 10.5. The van der Waals surface area contributed by atoms with Gasteiger partial charge in [0.2, 0.25) is 6.08 Å².